The van der Waals surface area contributed by atoms with Crippen LogP contribution in [0.1, 0.15) is 12.8 Å². The van der Waals surface area contributed by atoms with Crippen molar-refractivity contribution in [3.05, 3.63) is 48.5 Å². The zero-order valence-corrected chi connectivity index (χ0v) is 11.8. The van der Waals surface area contributed by atoms with Crippen LogP contribution in [0.2, 0.25) is 0 Å². The molecule has 0 atom stereocenters. The normalized spacial score (nSPS) is 16.6. The van der Waals surface area contributed by atoms with E-state index in [2.05, 4.69) is 10.1 Å². The topological polar surface area (TPSA) is 94.4 Å². The Labute approximate surface area is 127 Å². The van der Waals surface area contributed by atoms with Crippen LogP contribution in [0.4, 0.5) is 11.4 Å². The van der Waals surface area contributed by atoms with E-state index in [9.17, 15) is 10.2 Å². The van der Waals surface area contributed by atoms with Gasteiger partial charge in [-0.2, -0.15) is 5.10 Å². The molecule has 0 amide bonds. The maximum atomic E-state index is 9.64. The Hall–Kier alpha value is -3.02. The van der Waals surface area contributed by atoms with Crippen LogP contribution in [-0.2, 0) is 0 Å². The van der Waals surface area contributed by atoms with Crippen LogP contribution in [0.3, 0.4) is 0 Å². The predicted octanol–water partition coefficient (Wildman–Crippen LogP) is 2.70. The van der Waals surface area contributed by atoms with Gasteiger partial charge in [0, 0.05) is 25.0 Å². The molecule has 1 heterocycles. The highest BCUT2D eigenvalue weighted by molar-refractivity contribution is 6.04. The number of phenolic OH excluding ortho intramolecular Hbond substituents is 2. The minimum atomic E-state index is 0.147. The number of phenols is 2. The first kappa shape index (κ1) is 13.9. The Morgan fingerprint density at radius 1 is 1.00 bits per heavy atom. The van der Waals surface area contributed by atoms with Crippen LogP contribution >= 0.6 is 0 Å². The molecule has 3 rings (SSSR count). The fraction of sp³-hybridized carbons (Fsp3) is 0.125. The van der Waals surface area contributed by atoms with Gasteiger partial charge in [0.2, 0.25) is 0 Å². The Morgan fingerprint density at radius 2 is 1.73 bits per heavy atom. The summed E-state index contributed by atoms with van der Waals surface area (Å²) < 4.78 is 0. The van der Waals surface area contributed by atoms with Crippen molar-refractivity contribution in [2.24, 2.45) is 15.8 Å². The summed E-state index contributed by atoms with van der Waals surface area (Å²) in [7, 11) is 0. The summed E-state index contributed by atoms with van der Waals surface area (Å²) in [5, 5.41) is 25.1. The SMILES string of the molecule is NC1=NN(c2cccc(O)c2)C(=Nc2cccc(O)c2)CC1. The first-order chi connectivity index (χ1) is 10.6. The molecule has 6 nitrogen and oxygen atoms in total. The molecule has 0 aliphatic carbocycles. The van der Waals surface area contributed by atoms with Crippen LogP contribution in [-0.4, -0.2) is 21.9 Å². The molecule has 1 aliphatic rings. The molecule has 0 saturated carbocycles. The summed E-state index contributed by atoms with van der Waals surface area (Å²) in [5.41, 5.74) is 7.15. The maximum absolute atomic E-state index is 9.64. The molecule has 2 aromatic rings. The van der Waals surface area contributed by atoms with E-state index in [1.165, 1.54) is 0 Å². The van der Waals surface area contributed by atoms with Crippen LogP contribution in [0.15, 0.2) is 58.6 Å². The molecule has 0 aromatic heterocycles. The lowest BCUT2D eigenvalue weighted by molar-refractivity contribution is 0.475. The van der Waals surface area contributed by atoms with Crippen LogP contribution in [0.25, 0.3) is 0 Å². The lowest BCUT2D eigenvalue weighted by Gasteiger charge is -2.25. The van der Waals surface area contributed by atoms with Crippen molar-refractivity contribution in [2.75, 3.05) is 5.01 Å². The van der Waals surface area contributed by atoms with E-state index in [4.69, 9.17) is 5.73 Å². The predicted molar refractivity (Wildman–Crippen MR) is 86.6 cm³/mol. The van der Waals surface area contributed by atoms with Gasteiger partial charge in [0.15, 0.2) is 0 Å². The first-order valence-corrected chi connectivity index (χ1v) is 6.90. The summed E-state index contributed by atoms with van der Waals surface area (Å²) in [4.78, 5) is 4.54. The molecule has 0 saturated heterocycles. The van der Waals surface area contributed by atoms with E-state index in [0.29, 0.717) is 35.9 Å². The van der Waals surface area contributed by atoms with E-state index >= 15 is 0 Å². The van der Waals surface area contributed by atoms with Crippen molar-refractivity contribution in [1.82, 2.24) is 0 Å². The van der Waals surface area contributed by atoms with Crippen molar-refractivity contribution < 1.29 is 10.2 Å². The number of rotatable bonds is 2. The molecular weight excluding hydrogens is 280 g/mol. The van der Waals surface area contributed by atoms with Gasteiger partial charge in [0.05, 0.1) is 11.4 Å². The van der Waals surface area contributed by atoms with Crippen LogP contribution in [0.5, 0.6) is 11.5 Å². The zero-order valence-electron chi connectivity index (χ0n) is 11.8. The minimum absolute atomic E-state index is 0.147. The third-order valence-electron chi connectivity index (χ3n) is 3.24. The van der Waals surface area contributed by atoms with Gasteiger partial charge in [-0.3, -0.25) is 0 Å². The van der Waals surface area contributed by atoms with E-state index in [0.717, 1.165) is 0 Å². The average molecular weight is 296 g/mol. The molecule has 0 bridgehead atoms. The summed E-state index contributed by atoms with van der Waals surface area (Å²) in [6.07, 6.45) is 1.24. The number of aromatic hydroxyl groups is 2. The fourth-order valence-corrected chi connectivity index (χ4v) is 2.23. The number of amidine groups is 2. The van der Waals surface area contributed by atoms with E-state index in [-0.39, 0.29) is 11.5 Å². The third kappa shape index (κ3) is 3.01. The third-order valence-corrected chi connectivity index (χ3v) is 3.24. The number of hydrogen-bond acceptors (Lipinski definition) is 5. The second-order valence-electron chi connectivity index (χ2n) is 4.97. The van der Waals surface area contributed by atoms with E-state index in [1.807, 2.05) is 6.07 Å². The molecule has 0 fully saturated rings. The standard InChI is InChI=1S/C16H16N4O2/c17-15-7-8-16(18-11-3-1-5-13(21)9-11)20(19-15)12-4-2-6-14(22)10-12/h1-6,9-10,21-22H,7-8H2,(H2,17,19). The molecular formula is C16H16N4O2. The number of benzene rings is 2. The first-order valence-electron chi connectivity index (χ1n) is 6.90. The largest absolute Gasteiger partial charge is 0.508 e. The quantitative estimate of drug-likeness (QED) is 0.794. The highest BCUT2D eigenvalue weighted by Gasteiger charge is 2.19. The highest BCUT2D eigenvalue weighted by atomic mass is 16.3. The van der Waals surface area contributed by atoms with Gasteiger partial charge in [-0.25, -0.2) is 10.0 Å². The van der Waals surface area contributed by atoms with Crippen molar-refractivity contribution in [3.8, 4) is 11.5 Å². The molecule has 6 heteroatoms. The molecule has 2 aromatic carbocycles. The second kappa shape index (κ2) is 5.77. The molecule has 1 aliphatic heterocycles. The van der Waals surface area contributed by atoms with E-state index < -0.39 is 0 Å². The van der Waals surface area contributed by atoms with Crippen LogP contribution < -0.4 is 10.7 Å². The van der Waals surface area contributed by atoms with Crippen molar-refractivity contribution in [3.63, 3.8) is 0 Å². The summed E-state index contributed by atoms with van der Waals surface area (Å²) in [6.45, 7) is 0. The summed E-state index contributed by atoms with van der Waals surface area (Å²) in [5.74, 6) is 1.52. The van der Waals surface area contributed by atoms with Crippen molar-refractivity contribution in [1.29, 1.82) is 0 Å². The molecule has 0 radical (unpaired) electrons. The average Bonchev–Trinajstić information content (AvgIpc) is 2.49. The monoisotopic (exact) mass is 296 g/mol. The smallest absolute Gasteiger partial charge is 0.131 e. The second-order valence-corrected chi connectivity index (χ2v) is 4.97. The minimum Gasteiger partial charge on any atom is -0.508 e. The van der Waals surface area contributed by atoms with Gasteiger partial charge in [-0.1, -0.05) is 12.1 Å². The number of nitrogens with two attached hydrogens (primary N) is 1. The number of aliphatic imine (C=N–C) groups is 1. The molecule has 0 spiro atoms. The maximum Gasteiger partial charge on any atom is 0.131 e. The van der Waals surface area contributed by atoms with Crippen molar-refractivity contribution >= 4 is 23.0 Å². The van der Waals surface area contributed by atoms with Crippen molar-refractivity contribution in [2.45, 2.75) is 12.8 Å². The van der Waals surface area contributed by atoms with Gasteiger partial charge in [0.1, 0.15) is 23.2 Å². The molecule has 0 unspecified atom stereocenters. The molecule has 4 N–H and O–H groups in total. The van der Waals surface area contributed by atoms with Crippen LogP contribution in [0, 0.1) is 0 Å². The Kier molecular flexibility index (Phi) is 3.65. The van der Waals surface area contributed by atoms with Gasteiger partial charge in [0.25, 0.3) is 0 Å². The number of nitrogens with zero attached hydrogens (tertiary/aromatic N) is 3. The number of hydrogen-bond donors (Lipinski definition) is 3. The lowest BCUT2D eigenvalue weighted by atomic mass is 10.2. The van der Waals surface area contributed by atoms with Gasteiger partial charge < -0.3 is 15.9 Å². The zero-order chi connectivity index (χ0) is 15.5. The summed E-state index contributed by atoms with van der Waals surface area (Å²) >= 11 is 0. The van der Waals surface area contributed by atoms with Gasteiger partial charge in [-0.15, -0.1) is 0 Å². The number of anilines is 1. The highest BCUT2D eigenvalue weighted by Crippen LogP contribution is 2.26. The van der Waals surface area contributed by atoms with Gasteiger partial charge in [-0.05, 0) is 24.3 Å². The molecule has 112 valence electrons. The lowest BCUT2D eigenvalue weighted by Crippen LogP contribution is -2.34. The Bertz CT molecular complexity index is 755. The summed E-state index contributed by atoms with van der Waals surface area (Å²) in [6, 6.07) is 13.4. The van der Waals surface area contributed by atoms with E-state index in [1.54, 1.807) is 47.5 Å². The number of hydrazone groups is 1. The molecule has 22 heavy (non-hydrogen) atoms. The Morgan fingerprint density at radius 3 is 2.45 bits per heavy atom. The fourth-order valence-electron chi connectivity index (χ4n) is 2.23. The Balaban J connectivity index is 2.02. The van der Waals surface area contributed by atoms with Gasteiger partial charge >= 0.3 is 0 Å².